The molecule has 0 aliphatic carbocycles. The summed E-state index contributed by atoms with van der Waals surface area (Å²) in [6, 6.07) is 6.24. The monoisotopic (exact) mass is 599 g/mol. The Morgan fingerprint density at radius 1 is 0.651 bits per heavy atom. The Bertz CT molecular complexity index is 962. The summed E-state index contributed by atoms with van der Waals surface area (Å²) < 4.78 is 23.8. The normalized spacial score (nSPS) is 13.3. The number of anilines is 2. The van der Waals surface area contributed by atoms with Gasteiger partial charge >= 0.3 is 6.01 Å². The zero-order valence-electron chi connectivity index (χ0n) is 27.0. The van der Waals surface area contributed by atoms with Crippen molar-refractivity contribution < 1.29 is 18.9 Å². The Labute approximate surface area is 260 Å². The molecule has 242 valence electrons. The summed E-state index contributed by atoms with van der Waals surface area (Å²) in [4.78, 5) is 15.0. The highest BCUT2D eigenvalue weighted by atomic mass is 16.5. The first-order valence-corrected chi connectivity index (χ1v) is 17.0. The summed E-state index contributed by atoms with van der Waals surface area (Å²) in [6.07, 6.45) is 20.4. The van der Waals surface area contributed by atoms with Crippen LogP contribution in [0.15, 0.2) is 18.2 Å². The average molecular weight is 600 g/mol. The molecule has 0 bridgehead atoms. The van der Waals surface area contributed by atoms with Crippen molar-refractivity contribution in [2.24, 2.45) is 0 Å². The molecule has 0 saturated carbocycles. The molecule has 2 heterocycles. The highest BCUT2D eigenvalue weighted by Crippen LogP contribution is 2.25. The van der Waals surface area contributed by atoms with E-state index in [4.69, 9.17) is 24.7 Å². The van der Waals surface area contributed by atoms with Crippen LogP contribution in [0.2, 0.25) is 0 Å². The molecule has 1 aliphatic heterocycles. The Balaban J connectivity index is 1.52. The summed E-state index contributed by atoms with van der Waals surface area (Å²) in [5.74, 6) is 2.27. The summed E-state index contributed by atoms with van der Waals surface area (Å²) >= 11 is 0. The second-order valence-electron chi connectivity index (χ2n) is 11.6. The smallest absolute Gasteiger partial charge is 0.323 e. The number of rotatable bonds is 24. The number of hydrogen-bond acceptors (Lipinski definition) is 9. The number of aromatic nitrogens is 3. The maximum atomic E-state index is 6.18. The van der Waals surface area contributed by atoms with Gasteiger partial charge in [0.2, 0.25) is 11.9 Å². The highest BCUT2D eigenvalue weighted by molar-refractivity contribution is 5.39. The van der Waals surface area contributed by atoms with Crippen LogP contribution in [0, 0.1) is 0 Å². The Hall–Kier alpha value is -2.81. The molecule has 1 fully saturated rings. The van der Waals surface area contributed by atoms with Crippen molar-refractivity contribution in [1.82, 2.24) is 15.0 Å². The van der Waals surface area contributed by atoms with Crippen LogP contribution < -0.4 is 24.8 Å². The maximum absolute atomic E-state index is 6.18. The minimum absolute atomic E-state index is 0.142. The quantitative estimate of drug-likeness (QED) is 0.121. The van der Waals surface area contributed by atoms with Crippen LogP contribution in [0.5, 0.6) is 17.5 Å². The lowest BCUT2D eigenvalue weighted by atomic mass is 10.1. The van der Waals surface area contributed by atoms with Crippen LogP contribution in [0.1, 0.15) is 122 Å². The lowest BCUT2D eigenvalue weighted by molar-refractivity contribution is 0.122. The third-order valence-electron chi connectivity index (χ3n) is 7.76. The van der Waals surface area contributed by atoms with Crippen molar-refractivity contribution in [3.63, 3.8) is 0 Å². The van der Waals surface area contributed by atoms with E-state index in [0.717, 1.165) is 29.9 Å². The zero-order chi connectivity index (χ0) is 30.4. The van der Waals surface area contributed by atoms with E-state index >= 15 is 0 Å². The van der Waals surface area contributed by atoms with Crippen molar-refractivity contribution in [2.75, 3.05) is 50.2 Å². The molecule has 0 spiro atoms. The van der Waals surface area contributed by atoms with E-state index in [1.165, 1.54) is 89.9 Å². The van der Waals surface area contributed by atoms with Crippen LogP contribution in [-0.2, 0) is 11.3 Å². The van der Waals surface area contributed by atoms with Crippen molar-refractivity contribution in [3.05, 3.63) is 23.8 Å². The molecule has 2 aromatic rings. The number of unbranched alkanes of at least 4 members (excludes halogenated alkanes) is 14. The minimum Gasteiger partial charge on any atom is -0.493 e. The molecule has 0 radical (unpaired) electrons. The molecule has 0 atom stereocenters. The van der Waals surface area contributed by atoms with Gasteiger partial charge in [-0.3, -0.25) is 0 Å². The largest absolute Gasteiger partial charge is 0.493 e. The Morgan fingerprint density at radius 3 is 1.70 bits per heavy atom. The van der Waals surface area contributed by atoms with Crippen molar-refractivity contribution in [1.29, 1.82) is 0 Å². The Kier molecular flexibility index (Phi) is 17.6. The van der Waals surface area contributed by atoms with Crippen LogP contribution in [0.25, 0.3) is 0 Å². The summed E-state index contributed by atoms with van der Waals surface area (Å²) in [7, 11) is 0. The van der Waals surface area contributed by atoms with Crippen LogP contribution in [-0.4, -0.2) is 54.5 Å². The highest BCUT2D eigenvalue weighted by Gasteiger charge is 2.17. The number of benzene rings is 1. The average Bonchev–Trinajstić information content (AvgIpc) is 3.02. The number of nitrogens with two attached hydrogens (primary N) is 1. The molecule has 1 saturated heterocycles. The third kappa shape index (κ3) is 15.0. The molecule has 1 aliphatic rings. The van der Waals surface area contributed by atoms with Gasteiger partial charge in [0, 0.05) is 19.2 Å². The number of nitrogen functional groups attached to an aromatic ring is 1. The fraction of sp³-hybridized carbons (Fsp3) is 0.735. The van der Waals surface area contributed by atoms with E-state index < -0.39 is 0 Å². The van der Waals surface area contributed by atoms with Crippen molar-refractivity contribution in [2.45, 2.75) is 123 Å². The second-order valence-corrected chi connectivity index (χ2v) is 11.6. The predicted molar refractivity (Wildman–Crippen MR) is 174 cm³/mol. The van der Waals surface area contributed by atoms with Crippen LogP contribution >= 0.6 is 0 Å². The molecular weight excluding hydrogens is 542 g/mol. The van der Waals surface area contributed by atoms with E-state index in [1.807, 2.05) is 23.1 Å². The molecular formula is C34H57N5O4. The predicted octanol–water partition coefficient (Wildman–Crippen LogP) is 7.91. The standard InChI is InChI=1S/C34H57N5O4/c1-3-5-7-9-11-13-15-17-21-41-30-25-29(26-31(27-30)42-22-18-16-14-12-10-8-6-4-2)28-43-34-37-32(35)36-33(38-34)39-19-23-40-24-20-39/h25-27H,3-24,28H2,1-2H3,(H2,35,36,37,38). The van der Waals surface area contributed by atoms with E-state index in [-0.39, 0.29) is 18.6 Å². The van der Waals surface area contributed by atoms with E-state index in [1.54, 1.807) is 0 Å². The Morgan fingerprint density at radius 2 is 1.16 bits per heavy atom. The lowest BCUT2D eigenvalue weighted by Crippen LogP contribution is -2.37. The molecule has 3 rings (SSSR count). The van der Waals surface area contributed by atoms with Gasteiger partial charge < -0.3 is 29.6 Å². The van der Waals surface area contributed by atoms with Gasteiger partial charge in [-0.2, -0.15) is 15.0 Å². The van der Waals surface area contributed by atoms with Gasteiger partial charge in [-0.25, -0.2) is 0 Å². The van der Waals surface area contributed by atoms with E-state index in [9.17, 15) is 0 Å². The number of hydrogen-bond donors (Lipinski definition) is 1. The van der Waals surface area contributed by atoms with Gasteiger partial charge in [0.15, 0.2) is 0 Å². The zero-order valence-corrected chi connectivity index (χ0v) is 27.0. The number of ether oxygens (including phenoxy) is 4. The number of nitrogens with zero attached hydrogens (tertiary/aromatic N) is 4. The van der Waals surface area contributed by atoms with E-state index in [0.29, 0.717) is 45.5 Å². The van der Waals surface area contributed by atoms with Crippen molar-refractivity contribution >= 4 is 11.9 Å². The SMILES string of the molecule is CCCCCCCCCCOc1cc(COc2nc(N)nc(N3CCOCC3)n2)cc(OCCCCCCCCCC)c1. The molecule has 43 heavy (non-hydrogen) atoms. The second kappa shape index (κ2) is 21.8. The van der Waals surface area contributed by atoms with Crippen LogP contribution in [0.3, 0.4) is 0 Å². The fourth-order valence-electron chi connectivity index (χ4n) is 5.21. The minimum atomic E-state index is 0.142. The van der Waals surface area contributed by atoms with Crippen molar-refractivity contribution in [3.8, 4) is 17.5 Å². The summed E-state index contributed by atoms with van der Waals surface area (Å²) in [5.41, 5.74) is 6.92. The molecule has 0 unspecified atom stereocenters. The van der Waals surface area contributed by atoms with Gasteiger partial charge in [0.05, 0.1) is 26.4 Å². The molecule has 2 N–H and O–H groups in total. The first-order valence-electron chi connectivity index (χ1n) is 17.0. The van der Waals surface area contributed by atoms with Gasteiger partial charge in [-0.15, -0.1) is 0 Å². The van der Waals surface area contributed by atoms with Gasteiger partial charge in [0.25, 0.3) is 0 Å². The van der Waals surface area contributed by atoms with Gasteiger partial charge in [-0.1, -0.05) is 104 Å². The van der Waals surface area contributed by atoms with E-state index in [2.05, 4.69) is 28.8 Å². The molecule has 9 nitrogen and oxygen atoms in total. The molecule has 1 aromatic heterocycles. The lowest BCUT2D eigenvalue weighted by Gasteiger charge is -2.26. The number of morpholine rings is 1. The topological polar surface area (TPSA) is 105 Å². The third-order valence-corrected chi connectivity index (χ3v) is 7.76. The maximum Gasteiger partial charge on any atom is 0.323 e. The molecule has 0 amide bonds. The summed E-state index contributed by atoms with van der Waals surface area (Å²) in [6.45, 7) is 8.88. The summed E-state index contributed by atoms with van der Waals surface area (Å²) in [5, 5.41) is 0. The first-order chi connectivity index (χ1) is 21.2. The molecule has 1 aromatic carbocycles. The first kappa shape index (κ1) is 34.7. The van der Waals surface area contributed by atoms with Crippen LogP contribution in [0.4, 0.5) is 11.9 Å². The van der Waals surface area contributed by atoms with Gasteiger partial charge in [-0.05, 0) is 30.5 Å². The molecule has 9 heteroatoms. The van der Waals surface area contributed by atoms with Gasteiger partial charge in [0.1, 0.15) is 18.1 Å². The fourth-order valence-corrected chi connectivity index (χ4v) is 5.21.